The molecule has 0 fully saturated rings. The van der Waals surface area contributed by atoms with E-state index in [4.69, 9.17) is 0 Å². The second kappa shape index (κ2) is 14.6. The highest BCUT2D eigenvalue weighted by Gasteiger charge is 2.18. The van der Waals surface area contributed by atoms with Crippen LogP contribution in [0.2, 0.25) is 0 Å². The fourth-order valence-corrected chi connectivity index (χ4v) is 10.4. The van der Waals surface area contributed by atoms with E-state index in [0.29, 0.717) is 0 Å². The smallest absolute Gasteiger partial charge is 0.0547 e. The number of hydrogen-bond acceptors (Lipinski definition) is 0. The molecule has 0 atom stereocenters. The maximum absolute atomic E-state index is 2.43. The van der Waals surface area contributed by atoms with Gasteiger partial charge in [-0.15, -0.1) is 0 Å². The van der Waals surface area contributed by atoms with E-state index in [1.165, 1.54) is 115 Å². The van der Waals surface area contributed by atoms with Gasteiger partial charge in [0.25, 0.3) is 0 Å². The molecule has 2 heterocycles. The molecule has 0 aliphatic rings. The van der Waals surface area contributed by atoms with Crippen molar-refractivity contribution in [3.05, 3.63) is 243 Å². The molecule has 2 nitrogen and oxygen atoms in total. The summed E-state index contributed by atoms with van der Waals surface area (Å²) in [5.74, 6) is 0. The van der Waals surface area contributed by atoms with Crippen LogP contribution in [0.5, 0.6) is 0 Å². The van der Waals surface area contributed by atoms with E-state index >= 15 is 0 Å². The minimum atomic E-state index is 1.14. The van der Waals surface area contributed by atoms with Crippen LogP contribution in [0.25, 0.3) is 121 Å². The summed E-state index contributed by atoms with van der Waals surface area (Å²) in [5, 5.41) is 10.1. The van der Waals surface area contributed by atoms with Crippen molar-refractivity contribution in [3.8, 4) is 55.9 Å². The van der Waals surface area contributed by atoms with Gasteiger partial charge in [0, 0.05) is 32.9 Å². The molecule has 0 amide bonds. The zero-order valence-corrected chi connectivity index (χ0v) is 35.0. The number of nitrogens with zero attached hydrogens (tertiary/aromatic N) is 2. The van der Waals surface area contributed by atoms with Crippen molar-refractivity contribution >= 4 is 65.2 Å². The SMILES string of the molecule is c1ccc(-c2c3ccccc3c(-c3ccc(-c4ccc(-n5c6ccccc6c6ccc(-c7ccc8c(c7)c7ccccc7n8-c7ccccc7)cc65)cc4)cc3)c3ccccc23)cc1. The van der Waals surface area contributed by atoms with Gasteiger partial charge in [-0.25, -0.2) is 0 Å². The number of aromatic nitrogens is 2. The molecule has 0 spiro atoms. The molecule has 0 N–H and O–H groups in total. The van der Waals surface area contributed by atoms with E-state index < -0.39 is 0 Å². The lowest BCUT2D eigenvalue weighted by Gasteiger charge is -2.18. The maximum atomic E-state index is 2.43. The van der Waals surface area contributed by atoms with Crippen molar-refractivity contribution in [3.63, 3.8) is 0 Å². The number of fused-ring (bicyclic) bond motifs is 8. The van der Waals surface area contributed by atoms with Crippen molar-refractivity contribution in [1.82, 2.24) is 9.13 Å². The van der Waals surface area contributed by atoms with Crippen molar-refractivity contribution in [1.29, 1.82) is 0 Å². The van der Waals surface area contributed by atoms with E-state index in [1.807, 2.05) is 0 Å². The molecule has 0 saturated heterocycles. The Bertz CT molecular complexity index is 3850. The van der Waals surface area contributed by atoms with Crippen LogP contribution in [0.4, 0.5) is 0 Å². The Labute approximate surface area is 371 Å². The summed E-state index contributed by atoms with van der Waals surface area (Å²) in [4.78, 5) is 0. The van der Waals surface area contributed by atoms with Gasteiger partial charge in [0.15, 0.2) is 0 Å². The third kappa shape index (κ3) is 5.66. The fourth-order valence-electron chi connectivity index (χ4n) is 10.4. The molecule has 0 unspecified atom stereocenters. The molecule has 0 bridgehead atoms. The van der Waals surface area contributed by atoms with Gasteiger partial charge in [0.05, 0.1) is 22.1 Å². The first kappa shape index (κ1) is 36.2. The molecule has 0 aliphatic heterocycles. The van der Waals surface area contributed by atoms with Gasteiger partial charge in [-0.1, -0.05) is 188 Å². The number of para-hydroxylation sites is 3. The van der Waals surface area contributed by atoms with Gasteiger partial charge in [0.2, 0.25) is 0 Å². The summed E-state index contributed by atoms with van der Waals surface area (Å²) in [6, 6.07) is 88.8. The van der Waals surface area contributed by atoms with E-state index in [0.717, 1.165) is 5.69 Å². The summed E-state index contributed by atoms with van der Waals surface area (Å²) in [6.07, 6.45) is 0. The molecule has 13 rings (SSSR count). The normalized spacial score (nSPS) is 11.8. The van der Waals surface area contributed by atoms with E-state index in [9.17, 15) is 0 Å². The largest absolute Gasteiger partial charge is 0.309 e. The first-order valence-corrected chi connectivity index (χ1v) is 22.1. The van der Waals surface area contributed by atoms with Crippen LogP contribution in [-0.2, 0) is 0 Å². The maximum Gasteiger partial charge on any atom is 0.0547 e. The second-order valence-electron chi connectivity index (χ2n) is 16.8. The van der Waals surface area contributed by atoms with Gasteiger partial charge in [-0.05, 0) is 121 Å². The van der Waals surface area contributed by atoms with Crippen molar-refractivity contribution in [2.24, 2.45) is 0 Å². The molecule has 0 aliphatic carbocycles. The molecule has 2 aromatic heterocycles. The molecule has 2 heteroatoms. The van der Waals surface area contributed by atoms with Crippen LogP contribution in [-0.4, -0.2) is 9.13 Å². The van der Waals surface area contributed by atoms with Gasteiger partial charge in [0.1, 0.15) is 0 Å². The van der Waals surface area contributed by atoms with E-state index in [2.05, 4.69) is 252 Å². The Morgan fingerprint density at radius 1 is 0.188 bits per heavy atom. The topological polar surface area (TPSA) is 9.86 Å². The van der Waals surface area contributed by atoms with E-state index in [-0.39, 0.29) is 0 Å². The number of benzene rings is 11. The lowest BCUT2D eigenvalue weighted by molar-refractivity contribution is 1.18. The minimum Gasteiger partial charge on any atom is -0.309 e. The summed E-state index contributed by atoms with van der Waals surface area (Å²) in [5.41, 5.74) is 16.9. The summed E-state index contributed by atoms with van der Waals surface area (Å²) >= 11 is 0. The lowest BCUT2D eigenvalue weighted by atomic mass is 9.86. The molecule has 0 saturated carbocycles. The van der Waals surface area contributed by atoms with Gasteiger partial charge in [-0.3, -0.25) is 0 Å². The van der Waals surface area contributed by atoms with Crippen LogP contribution in [0.15, 0.2) is 243 Å². The zero-order chi connectivity index (χ0) is 42.1. The first-order chi connectivity index (χ1) is 31.8. The Balaban J connectivity index is 0.884. The van der Waals surface area contributed by atoms with Crippen LogP contribution in [0.1, 0.15) is 0 Å². The van der Waals surface area contributed by atoms with Crippen LogP contribution >= 0.6 is 0 Å². The fraction of sp³-hybridized carbons (Fsp3) is 0. The van der Waals surface area contributed by atoms with Gasteiger partial charge < -0.3 is 9.13 Å². The molecule has 11 aromatic carbocycles. The minimum absolute atomic E-state index is 1.14. The first-order valence-electron chi connectivity index (χ1n) is 22.1. The van der Waals surface area contributed by atoms with Crippen molar-refractivity contribution in [2.45, 2.75) is 0 Å². The Hall–Kier alpha value is -8.46. The quantitative estimate of drug-likeness (QED) is 0.148. The predicted octanol–water partition coefficient (Wildman–Crippen LogP) is 16.9. The van der Waals surface area contributed by atoms with Gasteiger partial charge >= 0.3 is 0 Å². The van der Waals surface area contributed by atoms with Crippen LogP contribution < -0.4 is 0 Å². The van der Waals surface area contributed by atoms with Gasteiger partial charge in [-0.2, -0.15) is 0 Å². The second-order valence-corrected chi connectivity index (χ2v) is 16.8. The molecule has 64 heavy (non-hydrogen) atoms. The molecule has 0 radical (unpaired) electrons. The van der Waals surface area contributed by atoms with Crippen LogP contribution in [0, 0.1) is 0 Å². The standard InChI is InChI=1S/C62H40N2/c1-3-15-43(16-4-1)61-52-21-7-9-23-54(52)62(55-24-10-8-22-53(55)61)44-29-27-41(28-30-44)42-31-35-48(36-32-42)64-57-25-13-11-19-49(57)51-37-33-46(40-60(51)64)45-34-38-59-56(39-45)50-20-12-14-26-58(50)63(59)47-17-5-2-6-18-47/h1-40H. The summed E-state index contributed by atoms with van der Waals surface area (Å²) in [6.45, 7) is 0. The van der Waals surface area contributed by atoms with Crippen molar-refractivity contribution < 1.29 is 0 Å². The Morgan fingerprint density at radius 3 is 1.14 bits per heavy atom. The third-order valence-electron chi connectivity index (χ3n) is 13.3. The third-order valence-corrected chi connectivity index (χ3v) is 13.3. The van der Waals surface area contributed by atoms with Crippen molar-refractivity contribution in [2.75, 3.05) is 0 Å². The monoisotopic (exact) mass is 812 g/mol. The lowest BCUT2D eigenvalue weighted by Crippen LogP contribution is -1.94. The highest BCUT2D eigenvalue weighted by Crippen LogP contribution is 2.44. The number of rotatable bonds is 6. The average Bonchev–Trinajstić information content (AvgIpc) is 3.88. The highest BCUT2D eigenvalue weighted by molar-refractivity contribution is 6.21. The summed E-state index contributed by atoms with van der Waals surface area (Å²) in [7, 11) is 0. The molecule has 298 valence electrons. The van der Waals surface area contributed by atoms with Crippen LogP contribution in [0.3, 0.4) is 0 Å². The number of hydrogen-bond donors (Lipinski definition) is 0. The predicted molar refractivity (Wildman–Crippen MR) is 272 cm³/mol. The summed E-state index contributed by atoms with van der Waals surface area (Å²) < 4.78 is 4.80. The zero-order valence-electron chi connectivity index (χ0n) is 35.0. The molecule has 13 aromatic rings. The Morgan fingerprint density at radius 2 is 0.547 bits per heavy atom. The van der Waals surface area contributed by atoms with E-state index in [1.54, 1.807) is 0 Å². The molecular formula is C62H40N2. The molecular weight excluding hydrogens is 773 g/mol. The average molecular weight is 813 g/mol. The Kier molecular flexibility index (Phi) is 8.25. The highest BCUT2D eigenvalue weighted by atomic mass is 15.0.